The number of ether oxygens (including phenoxy) is 3. The van der Waals surface area contributed by atoms with E-state index in [2.05, 4.69) is 20.3 Å². The Morgan fingerprint density at radius 2 is 1.81 bits per heavy atom. The maximum atomic E-state index is 13.2. The third kappa shape index (κ3) is 5.04. The van der Waals surface area contributed by atoms with Gasteiger partial charge in [-0.15, -0.1) is 11.3 Å². The van der Waals surface area contributed by atoms with Crippen molar-refractivity contribution in [3.63, 3.8) is 0 Å². The highest BCUT2D eigenvalue weighted by atomic mass is 32.1. The van der Waals surface area contributed by atoms with E-state index in [1.54, 1.807) is 0 Å². The van der Waals surface area contributed by atoms with Crippen LogP contribution in [0.5, 0.6) is 11.8 Å². The Morgan fingerprint density at radius 3 is 2.33 bits per heavy atom. The summed E-state index contributed by atoms with van der Waals surface area (Å²) in [6, 6.07) is 0. The van der Waals surface area contributed by atoms with Crippen molar-refractivity contribution in [1.29, 1.82) is 0 Å². The lowest BCUT2D eigenvalue weighted by molar-refractivity contribution is -0.141. The number of anilines is 1. The van der Waals surface area contributed by atoms with Gasteiger partial charge in [0.05, 0.1) is 14.2 Å². The maximum absolute atomic E-state index is 13.2. The normalized spacial score (nSPS) is 11.3. The number of nitrogens with zero attached hydrogens (tertiary/aromatic N) is 3. The molecule has 2 rings (SSSR count). The molecule has 0 bridgehead atoms. The Kier molecular flexibility index (Phi) is 6.91. The third-order valence-corrected chi connectivity index (χ3v) is 4.36. The number of aromatic nitrogens is 3. The molecule has 0 aromatic carbocycles. The van der Waals surface area contributed by atoms with E-state index >= 15 is 0 Å². The molecule has 12 heteroatoms. The first-order valence-corrected chi connectivity index (χ1v) is 8.43. The molecule has 148 valence electrons. The van der Waals surface area contributed by atoms with Gasteiger partial charge in [0, 0.05) is 18.6 Å². The number of aryl methyl sites for hydroxylation is 1. The second kappa shape index (κ2) is 8.95. The summed E-state index contributed by atoms with van der Waals surface area (Å²) in [4.78, 5) is 23.7. The van der Waals surface area contributed by atoms with Crippen molar-refractivity contribution in [3.8, 4) is 11.8 Å². The van der Waals surface area contributed by atoms with Gasteiger partial charge in [-0.1, -0.05) is 0 Å². The summed E-state index contributed by atoms with van der Waals surface area (Å²) < 4.78 is 54.5. The number of halogens is 3. The first kappa shape index (κ1) is 20.8. The van der Waals surface area contributed by atoms with Crippen molar-refractivity contribution in [3.05, 3.63) is 22.5 Å². The Hall–Kier alpha value is -2.47. The molecule has 2 aromatic heterocycles. The summed E-state index contributed by atoms with van der Waals surface area (Å²) in [5.74, 6) is -0.949. The van der Waals surface area contributed by atoms with Crippen molar-refractivity contribution in [2.24, 2.45) is 0 Å². The van der Waals surface area contributed by atoms with Crippen LogP contribution in [-0.2, 0) is 17.3 Å². The standard InChI is InChI=1S/C15H17F3N4O4S/c1-24-6-4-5-8-10(15(16,17)18)21-14(27-8)22-11(23)9-12(25-2)19-7-20-13(9)26-3/h7H,4-6H2,1-3H3,(H,21,22,23). The minimum atomic E-state index is -4.63. The topological polar surface area (TPSA) is 95.5 Å². The monoisotopic (exact) mass is 406 g/mol. The summed E-state index contributed by atoms with van der Waals surface area (Å²) >= 11 is 0.746. The fourth-order valence-corrected chi connectivity index (χ4v) is 3.21. The molecule has 0 aliphatic heterocycles. The van der Waals surface area contributed by atoms with E-state index in [0.717, 1.165) is 17.7 Å². The number of alkyl halides is 3. The van der Waals surface area contributed by atoms with Crippen molar-refractivity contribution < 1.29 is 32.2 Å². The summed E-state index contributed by atoms with van der Waals surface area (Å²) in [5, 5.41) is 2.13. The largest absolute Gasteiger partial charge is 0.480 e. The summed E-state index contributed by atoms with van der Waals surface area (Å²) in [7, 11) is 4.04. The fraction of sp³-hybridized carbons (Fsp3) is 0.467. The van der Waals surface area contributed by atoms with Gasteiger partial charge in [-0.2, -0.15) is 13.2 Å². The molecular formula is C15H17F3N4O4S. The summed E-state index contributed by atoms with van der Waals surface area (Å²) in [5.41, 5.74) is -1.17. The molecule has 0 radical (unpaired) electrons. The molecular weight excluding hydrogens is 389 g/mol. The average molecular weight is 406 g/mol. The predicted octanol–water partition coefficient (Wildman–Crippen LogP) is 2.80. The Labute approximate surface area is 156 Å². The number of rotatable bonds is 8. The van der Waals surface area contributed by atoms with Crippen LogP contribution in [0, 0.1) is 0 Å². The zero-order valence-corrected chi connectivity index (χ0v) is 15.5. The van der Waals surface area contributed by atoms with E-state index in [0.29, 0.717) is 13.0 Å². The fourth-order valence-electron chi connectivity index (χ4n) is 2.19. The van der Waals surface area contributed by atoms with Gasteiger partial charge in [0.1, 0.15) is 6.33 Å². The zero-order chi connectivity index (χ0) is 20.0. The van der Waals surface area contributed by atoms with Gasteiger partial charge in [0.25, 0.3) is 5.91 Å². The van der Waals surface area contributed by atoms with E-state index in [-0.39, 0.29) is 33.8 Å². The minimum absolute atomic E-state index is 0.0121. The smallest absolute Gasteiger partial charge is 0.434 e. The molecule has 0 aliphatic carbocycles. The van der Waals surface area contributed by atoms with E-state index in [1.165, 1.54) is 21.3 Å². The molecule has 8 nitrogen and oxygen atoms in total. The van der Waals surface area contributed by atoms with E-state index in [1.807, 2.05) is 0 Å². The van der Waals surface area contributed by atoms with Crippen LogP contribution < -0.4 is 14.8 Å². The van der Waals surface area contributed by atoms with Crippen LogP contribution in [0.25, 0.3) is 0 Å². The molecule has 2 aromatic rings. The number of methoxy groups -OCH3 is 3. The third-order valence-electron chi connectivity index (χ3n) is 3.33. The molecule has 2 heterocycles. The molecule has 0 aliphatic rings. The highest BCUT2D eigenvalue weighted by Crippen LogP contribution is 2.37. The number of amides is 1. The van der Waals surface area contributed by atoms with Crippen LogP contribution in [0.1, 0.15) is 27.3 Å². The number of carbonyl (C=O) groups is 1. The average Bonchev–Trinajstić information content (AvgIpc) is 3.04. The SMILES string of the molecule is COCCCc1sc(NC(=O)c2c(OC)ncnc2OC)nc1C(F)(F)F. The van der Waals surface area contributed by atoms with Gasteiger partial charge in [0.2, 0.25) is 11.8 Å². The second-order valence-corrected chi connectivity index (χ2v) is 6.19. The molecule has 0 spiro atoms. The van der Waals surface area contributed by atoms with E-state index in [4.69, 9.17) is 14.2 Å². The van der Waals surface area contributed by atoms with Crippen LogP contribution in [-0.4, -0.2) is 48.8 Å². The number of thiazole rings is 1. The Bertz CT molecular complexity index is 776. The number of hydrogen-bond donors (Lipinski definition) is 1. The lowest BCUT2D eigenvalue weighted by Gasteiger charge is -2.09. The van der Waals surface area contributed by atoms with Crippen molar-refractivity contribution in [2.45, 2.75) is 19.0 Å². The van der Waals surface area contributed by atoms with Crippen LogP contribution in [0.3, 0.4) is 0 Å². The molecule has 0 atom stereocenters. The molecule has 1 amide bonds. The molecule has 0 saturated heterocycles. The second-order valence-electron chi connectivity index (χ2n) is 5.11. The highest BCUT2D eigenvalue weighted by molar-refractivity contribution is 7.15. The lowest BCUT2D eigenvalue weighted by atomic mass is 10.2. The predicted molar refractivity (Wildman–Crippen MR) is 90.4 cm³/mol. The van der Waals surface area contributed by atoms with Crippen molar-refractivity contribution >= 4 is 22.4 Å². The van der Waals surface area contributed by atoms with Crippen LogP contribution in [0.15, 0.2) is 6.33 Å². The van der Waals surface area contributed by atoms with E-state index < -0.39 is 17.8 Å². The number of carbonyl (C=O) groups excluding carboxylic acids is 1. The van der Waals surface area contributed by atoms with Gasteiger partial charge in [0.15, 0.2) is 16.4 Å². The van der Waals surface area contributed by atoms with Crippen molar-refractivity contribution in [1.82, 2.24) is 15.0 Å². The highest BCUT2D eigenvalue weighted by Gasteiger charge is 2.37. The zero-order valence-electron chi connectivity index (χ0n) is 14.7. The summed E-state index contributed by atoms with van der Waals surface area (Å²) in [6.07, 6.45) is -2.98. The number of nitrogens with one attached hydrogen (secondary N) is 1. The van der Waals surface area contributed by atoms with Crippen LogP contribution >= 0.6 is 11.3 Å². The first-order valence-electron chi connectivity index (χ1n) is 7.62. The van der Waals surface area contributed by atoms with Gasteiger partial charge in [-0.25, -0.2) is 15.0 Å². The lowest BCUT2D eigenvalue weighted by Crippen LogP contribution is -2.16. The van der Waals surface area contributed by atoms with Crippen LogP contribution in [0.2, 0.25) is 0 Å². The quantitative estimate of drug-likeness (QED) is 0.674. The molecule has 0 unspecified atom stereocenters. The van der Waals surface area contributed by atoms with Gasteiger partial charge in [-0.3, -0.25) is 10.1 Å². The minimum Gasteiger partial charge on any atom is -0.480 e. The maximum Gasteiger partial charge on any atom is 0.434 e. The Morgan fingerprint density at radius 1 is 1.19 bits per heavy atom. The molecule has 27 heavy (non-hydrogen) atoms. The summed E-state index contributed by atoms with van der Waals surface area (Å²) in [6.45, 7) is 0.312. The van der Waals surface area contributed by atoms with Gasteiger partial charge < -0.3 is 14.2 Å². The van der Waals surface area contributed by atoms with Crippen LogP contribution in [0.4, 0.5) is 18.3 Å². The number of hydrogen-bond acceptors (Lipinski definition) is 8. The first-order chi connectivity index (χ1) is 12.8. The molecule has 0 fully saturated rings. The Balaban J connectivity index is 2.31. The van der Waals surface area contributed by atoms with Gasteiger partial charge in [-0.05, 0) is 12.8 Å². The van der Waals surface area contributed by atoms with Crippen molar-refractivity contribution in [2.75, 3.05) is 33.3 Å². The molecule has 0 saturated carbocycles. The van der Waals surface area contributed by atoms with E-state index in [9.17, 15) is 18.0 Å². The van der Waals surface area contributed by atoms with Gasteiger partial charge >= 0.3 is 6.18 Å². The molecule has 1 N–H and O–H groups in total.